The number of carboxylic acids is 1. The Labute approximate surface area is 202 Å². The van der Waals surface area contributed by atoms with E-state index in [0.717, 1.165) is 22.3 Å². The Bertz CT molecular complexity index is 1250. The first-order chi connectivity index (χ1) is 16.9. The first kappa shape index (κ1) is 22.6. The molecule has 3 aromatic rings. The van der Waals surface area contributed by atoms with Gasteiger partial charge in [0.15, 0.2) is 0 Å². The molecule has 180 valence electrons. The summed E-state index contributed by atoms with van der Waals surface area (Å²) in [4.78, 5) is 38.4. The maximum atomic E-state index is 13.1. The van der Waals surface area contributed by atoms with Gasteiger partial charge in [0.25, 0.3) is 5.91 Å². The van der Waals surface area contributed by atoms with Crippen molar-refractivity contribution in [2.24, 2.45) is 13.0 Å². The van der Waals surface area contributed by atoms with Crippen LogP contribution in [-0.2, 0) is 16.6 Å². The molecule has 1 atom stereocenters. The number of benzene rings is 2. The number of carbonyl (C=O) groups excluding carboxylic acids is 2. The fourth-order valence-corrected chi connectivity index (χ4v) is 5.07. The Hall–Kier alpha value is -4.14. The van der Waals surface area contributed by atoms with Crippen LogP contribution in [0.2, 0.25) is 0 Å². The summed E-state index contributed by atoms with van der Waals surface area (Å²) < 4.78 is 7.02. The lowest BCUT2D eigenvalue weighted by molar-refractivity contribution is -0.138. The topological polar surface area (TPSA) is 114 Å². The zero-order valence-electron chi connectivity index (χ0n) is 19.3. The Kier molecular flexibility index (Phi) is 5.98. The molecule has 2 aliphatic rings. The SMILES string of the molecule is Cn1ncc(C(=O)N2CCC(CC(=O)O)C2)c1NC(=O)OCC1c2ccccc2-c2ccccc21. The van der Waals surface area contributed by atoms with Gasteiger partial charge in [0.05, 0.1) is 6.20 Å². The third-order valence-corrected chi connectivity index (χ3v) is 6.77. The molecular formula is C26H26N4O5. The van der Waals surface area contributed by atoms with E-state index in [0.29, 0.717) is 19.5 Å². The van der Waals surface area contributed by atoms with Gasteiger partial charge in [0.1, 0.15) is 18.0 Å². The van der Waals surface area contributed by atoms with Crippen LogP contribution in [0.3, 0.4) is 0 Å². The number of ether oxygens (including phenoxy) is 1. The van der Waals surface area contributed by atoms with E-state index < -0.39 is 12.1 Å². The van der Waals surface area contributed by atoms with Gasteiger partial charge in [-0.25, -0.2) is 4.79 Å². The number of rotatable bonds is 6. The highest BCUT2D eigenvalue weighted by atomic mass is 16.5. The monoisotopic (exact) mass is 474 g/mol. The third-order valence-electron chi connectivity index (χ3n) is 6.77. The number of hydrogen-bond donors (Lipinski definition) is 2. The second-order valence-corrected chi connectivity index (χ2v) is 8.98. The van der Waals surface area contributed by atoms with Crippen LogP contribution >= 0.6 is 0 Å². The summed E-state index contributed by atoms with van der Waals surface area (Å²) in [6, 6.07) is 16.2. The highest BCUT2D eigenvalue weighted by Gasteiger charge is 2.32. The van der Waals surface area contributed by atoms with E-state index in [1.165, 1.54) is 10.9 Å². The standard InChI is InChI=1S/C26H26N4O5/c1-29-24(21(13-27-29)25(33)30-11-10-16(14-30)12-23(31)32)28-26(34)35-15-22-19-8-4-2-6-17(19)18-7-3-5-9-20(18)22/h2-9,13,16,22H,10-12,14-15H2,1H3,(H,28,34)(H,31,32). The predicted molar refractivity (Wildman–Crippen MR) is 128 cm³/mol. The second kappa shape index (κ2) is 9.25. The van der Waals surface area contributed by atoms with E-state index in [1.54, 1.807) is 11.9 Å². The molecule has 0 saturated carbocycles. The first-order valence-corrected chi connectivity index (χ1v) is 11.6. The smallest absolute Gasteiger partial charge is 0.412 e. The highest BCUT2D eigenvalue weighted by molar-refractivity contribution is 6.01. The van der Waals surface area contributed by atoms with E-state index in [-0.39, 0.29) is 42.2 Å². The van der Waals surface area contributed by atoms with Crippen LogP contribution in [-0.4, -0.2) is 57.5 Å². The van der Waals surface area contributed by atoms with Gasteiger partial charge in [0, 0.05) is 32.5 Å². The molecule has 1 fully saturated rings. The summed E-state index contributed by atoms with van der Waals surface area (Å²) in [5.74, 6) is -1.07. The van der Waals surface area contributed by atoms with Crippen molar-refractivity contribution in [2.75, 3.05) is 25.0 Å². The van der Waals surface area contributed by atoms with Crippen LogP contribution in [0.5, 0.6) is 0 Å². The fraction of sp³-hybridized carbons (Fsp3) is 0.308. The lowest BCUT2D eigenvalue weighted by Gasteiger charge is -2.17. The number of nitrogens with one attached hydrogen (secondary N) is 1. The molecule has 1 saturated heterocycles. The second-order valence-electron chi connectivity index (χ2n) is 8.98. The first-order valence-electron chi connectivity index (χ1n) is 11.6. The Morgan fingerprint density at radius 1 is 1.09 bits per heavy atom. The largest absolute Gasteiger partial charge is 0.481 e. The number of hydrogen-bond acceptors (Lipinski definition) is 5. The molecule has 1 aliphatic carbocycles. The van der Waals surface area contributed by atoms with Crippen LogP contribution in [0.15, 0.2) is 54.7 Å². The van der Waals surface area contributed by atoms with Crippen LogP contribution in [0.1, 0.15) is 40.2 Å². The zero-order chi connectivity index (χ0) is 24.5. The molecule has 2 amide bonds. The third kappa shape index (κ3) is 4.37. The maximum Gasteiger partial charge on any atom is 0.412 e. The molecule has 9 nitrogen and oxygen atoms in total. The lowest BCUT2D eigenvalue weighted by atomic mass is 9.98. The molecule has 9 heteroatoms. The minimum absolute atomic E-state index is 0.0294. The van der Waals surface area contributed by atoms with Crippen molar-refractivity contribution in [1.82, 2.24) is 14.7 Å². The van der Waals surface area contributed by atoms with Crippen LogP contribution in [0.4, 0.5) is 10.6 Å². The molecule has 1 aliphatic heterocycles. The molecular weight excluding hydrogens is 448 g/mol. The molecule has 1 unspecified atom stereocenters. The Balaban J connectivity index is 1.26. The molecule has 0 bridgehead atoms. The summed E-state index contributed by atoms with van der Waals surface area (Å²) >= 11 is 0. The minimum atomic E-state index is -0.872. The summed E-state index contributed by atoms with van der Waals surface area (Å²) in [7, 11) is 1.63. The van der Waals surface area contributed by atoms with Gasteiger partial charge in [-0.1, -0.05) is 48.5 Å². The van der Waals surface area contributed by atoms with Crippen LogP contribution in [0.25, 0.3) is 11.1 Å². The average molecular weight is 475 g/mol. The van der Waals surface area contributed by atoms with Gasteiger partial charge in [0.2, 0.25) is 0 Å². The zero-order valence-corrected chi connectivity index (χ0v) is 19.3. The summed E-state index contributed by atoms with van der Waals surface area (Å²) in [6.45, 7) is 0.991. The molecule has 0 radical (unpaired) electrons. The van der Waals surface area contributed by atoms with E-state index in [4.69, 9.17) is 9.84 Å². The number of nitrogens with zero attached hydrogens (tertiary/aromatic N) is 3. The summed E-state index contributed by atoms with van der Waals surface area (Å²) in [5.41, 5.74) is 4.76. The van der Waals surface area contributed by atoms with Gasteiger partial charge in [-0.2, -0.15) is 5.10 Å². The van der Waals surface area contributed by atoms with Crippen molar-refractivity contribution in [3.8, 4) is 11.1 Å². The van der Waals surface area contributed by atoms with E-state index in [9.17, 15) is 14.4 Å². The van der Waals surface area contributed by atoms with Crippen molar-refractivity contribution >= 4 is 23.8 Å². The number of fused-ring (bicyclic) bond motifs is 3. The van der Waals surface area contributed by atoms with Crippen LogP contribution < -0.4 is 5.32 Å². The number of likely N-dealkylation sites (tertiary alicyclic amines) is 1. The van der Waals surface area contributed by atoms with Crippen molar-refractivity contribution in [2.45, 2.75) is 18.8 Å². The molecule has 2 N–H and O–H groups in total. The summed E-state index contributed by atoms with van der Waals surface area (Å²) in [6.07, 6.45) is 1.40. The number of aryl methyl sites for hydroxylation is 1. The van der Waals surface area contributed by atoms with E-state index in [1.807, 2.05) is 36.4 Å². The normalized spacial score (nSPS) is 16.6. The maximum absolute atomic E-state index is 13.1. The Morgan fingerprint density at radius 3 is 2.40 bits per heavy atom. The summed E-state index contributed by atoms with van der Waals surface area (Å²) in [5, 5.41) is 15.8. The predicted octanol–water partition coefficient (Wildman–Crippen LogP) is 3.72. The lowest BCUT2D eigenvalue weighted by Crippen LogP contribution is -2.30. The number of aromatic nitrogens is 2. The molecule has 2 aromatic carbocycles. The molecule has 2 heterocycles. The van der Waals surface area contributed by atoms with Crippen molar-refractivity contribution < 1.29 is 24.2 Å². The Morgan fingerprint density at radius 2 is 1.74 bits per heavy atom. The van der Waals surface area contributed by atoms with Crippen molar-refractivity contribution in [3.63, 3.8) is 0 Å². The number of aliphatic carboxylic acids is 1. The van der Waals surface area contributed by atoms with Gasteiger partial charge < -0.3 is 14.7 Å². The quantitative estimate of drug-likeness (QED) is 0.563. The number of amides is 2. The number of anilines is 1. The molecule has 1 aromatic heterocycles. The average Bonchev–Trinajstić information content (AvgIpc) is 3.54. The molecule has 35 heavy (non-hydrogen) atoms. The molecule has 0 spiro atoms. The number of carbonyl (C=O) groups is 3. The molecule has 5 rings (SSSR count). The van der Waals surface area contributed by atoms with Gasteiger partial charge >= 0.3 is 12.1 Å². The van der Waals surface area contributed by atoms with E-state index in [2.05, 4.69) is 22.5 Å². The fourth-order valence-electron chi connectivity index (χ4n) is 5.07. The van der Waals surface area contributed by atoms with Crippen molar-refractivity contribution in [3.05, 3.63) is 71.4 Å². The van der Waals surface area contributed by atoms with Gasteiger partial charge in [-0.3, -0.25) is 19.6 Å². The van der Waals surface area contributed by atoms with E-state index >= 15 is 0 Å². The van der Waals surface area contributed by atoms with Gasteiger partial charge in [-0.15, -0.1) is 0 Å². The van der Waals surface area contributed by atoms with Crippen molar-refractivity contribution in [1.29, 1.82) is 0 Å². The highest BCUT2D eigenvalue weighted by Crippen LogP contribution is 2.44. The number of carboxylic acid groups (broad SMARTS) is 1. The van der Waals surface area contributed by atoms with Crippen LogP contribution in [0, 0.1) is 5.92 Å². The van der Waals surface area contributed by atoms with Gasteiger partial charge in [-0.05, 0) is 34.6 Å². The minimum Gasteiger partial charge on any atom is -0.481 e.